The monoisotopic (exact) mass is 599 g/mol. The number of rotatable bonds is 9. The van der Waals surface area contributed by atoms with Gasteiger partial charge in [0.25, 0.3) is 5.91 Å². The second-order valence-corrected chi connectivity index (χ2v) is 10.9. The van der Waals surface area contributed by atoms with Gasteiger partial charge in [-0.3, -0.25) is 9.59 Å². The van der Waals surface area contributed by atoms with Crippen LogP contribution in [0.2, 0.25) is 0 Å². The molecule has 3 heterocycles. The van der Waals surface area contributed by atoms with Gasteiger partial charge < -0.3 is 19.9 Å². The Morgan fingerprint density at radius 2 is 1.86 bits per heavy atom. The molecule has 0 bridgehead atoms. The molecule has 1 atom stereocenters. The molecule has 42 heavy (non-hydrogen) atoms. The van der Waals surface area contributed by atoms with Crippen molar-refractivity contribution in [1.82, 2.24) is 20.0 Å². The highest BCUT2D eigenvalue weighted by Gasteiger charge is 2.35. The summed E-state index contributed by atoms with van der Waals surface area (Å²) in [6.45, 7) is 9.33. The van der Waals surface area contributed by atoms with Crippen LogP contribution in [0.3, 0.4) is 0 Å². The van der Waals surface area contributed by atoms with Crippen molar-refractivity contribution in [2.24, 2.45) is 11.7 Å². The van der Waals surface area contributed by atoms with Crippen molar-refractivity contribution in [2.45, 2.75) is 65.3 Å². The lowest BCUT2D eigenvalue weighted by atomic mass is 9.84. The quantitative estimate of drug-likeness (QED) is 0.411. The van der Waals surface area contributed by atoms with Gasteiger partial charge in [-0.25, -0.2) is 5.48 Å². The molecule has 2 aromatic rings. The topological polar surface area (TPSA) is 119 Å². The van der Waals surface area contributed by atoms with E-state index in [0.29, 0.717) is 50.8 Å². The molecule has 1 aromatic heterocycles. The van der Waals surface area contributed by atoms with E-state index in [2.05, 4.69) is 48.6 Å². The molecular formula is C31H45N5O5S. The third kappa shape index (κ3) is 7.26. The van der Waals surface area contributed by atoms with Crippen LogP contribution in [0.1, 0.15) is 80.4 Å². The van der Waals surface area contributed by atoms with Crippen molar-refractivity contribution in [1.29, 1.82) is 0 Å². The lowest BCUT2D eigenvalue weighted by Crippen LogP contribution is -2.44. The third-order valence-corrected chi connectivity index (χ3v) is 8.03. The summed E-state index contributed by atoms with van der Waals surface area (Å²) < 4.78 is 15.6. The average Bonchev–Trinajstić information content (AvgIpc) is 3.22. The Bertz CT molecular complexity index is 1290. The summed E-state index contributed by atoms with van der Waals surface area (Å²) in [5.41, 5.74) is 14.7. The number of fused-ring (bicyclic) bond motifs is 3. The summed E-state index contributed by atoms with van der Waals surface area (Å²) in [4.78, 5) is 34.0. The molecule has 11 heteroatoms. The summed E-state index contributed by atoms with van der Waals surface area (Å²) in [5, 5.41) is 2.54. The number of carbonyl (C=O) groups is 2. The van der Waals surface area contributed by atoms with Crippen LogP contribution in [0.15, 0.2) is 36.0 Å². The van der Waals surface area contributed by atoms with Gasteiger partial charge in [0.05, 0.1) is 24.8 Å². The molecule has 2 amide bonds. The predicted molar refractivity (Wildman–Crippen MR) is 166 cm³/mol. The first kappa shape index (κ1) is 33.4. The number of allylic oxidation sites excluding steroid dienone is 3. The van der Waals surface area contributed by atoms with Gasteiger partial charge in [-0.05, 0) is 55.4 Å². The molecule has 0 radical (unpaired) electrons. The summed E-state index contributed by atoms with van der Waals surface area (Å²) in [7, 11) is 3.41. The minimum Gasteiger partial charge on any atom is -0.404 e. The number of ether oxygens (including phenoxy) is 1. The second-order valence-electron chi connectivity index (χ2n) is 10.9. The molecule has 1 unspecified atom stereocenters. The van der Waals surface area contributed by atoms with Crippen molar-refractivity contribution in [3.05, 3.63) is 52.9 Å². The number of aromatic nitrogens is 1. The molecule has 2 aliphatic rings. The molecule has 0 aliphatic carbocycles. The normalized spacial score (nSPS) is 19.1. The maximum atomic E-state index is 13.9. The second kappa shape index (κ2) is 15.9. The van der Waals surface area contributed by atoms with Crippen LogP contribution in [-0.2, 0) is 33.5 Å². The number of hydrogen-bond donors (Lipinski definition) is 2. The van der Waals surface area contributed by atoms with Crippen LogP contribution in [0.25, 0.3) is 16.5 Å². The number of hydroxylamine groups is 3. The molecule has 0 saturated carbocycles. The first-order valence-corrected chi connectivity index (χ1v) is 15.1. The number of nitrogens with one attached hydrogen (secondary N) is 1. The predicted octanol–water partition coefficient (Wildman–Crippen LogP) is 4.25. The standard InChI is InChI=1S/C31H45N5O4.OS/c1-6-9-22(10-7-2)28-25-12-11-23(30(37)33-40-34(4)5)18-27(25)36-20-24(31(38)35-13-15-39-16-14-35)17-21(8-3)26(19-32)29(28)36;1-2/h8,11-12,18-19,22,24H,6-7,9-10,13-17,20,32H2,1-5H3,(H,33,37);/b21-8-,26-19+;. The zero-order valence-electron chi connectivity index (χ0n) is 25.5. The summed E-state index contributed by atoms with van der Waals surface area (Å²) in [5.74, 6) is -0.105. The van der Waals surface area contributed by atoms with Gasteiger partial charge >= 0.3 is 0 Å². The SMILES string of the molecule is C/C=C1/CC(C(=O)N2CCOCC2)Cn2c(c(C(CCC)CCC)c3ccc(C(=O)NON(C)C)cc32)/C1=C/N.O=S. The fourth-order valence-electron chi connectivity index (χ4n) is 6.21. The maximum Gasteiger partial charge on any atom is 0.276 e. The van der Waals surface area contributed by atoms with Gasteiger partial charge in [0.15, 0.2) is 12.5 Å². The first-order chi connectivity index (χ1) is 20.3. The smallest absolute Gasteiger partial charge is 0.276 e. The van der Waals surface area contributed by atoms with Crippen LogP contribution in [0.4, 0.5) is 0 Å². The van der Waals surface area contributed by atoms with Crippen LogP contribution < -0.4 is 11.2 Å². The molecule has 1 fully saturated rings. The highest BCUT2D eigenvalue weighted by atomic mass is 32.1. The molecular weight excluding hydrogens is 554 g/mol. The Morgan fingerprint density at radius 1 is 1.19 bits per heavy atom. The fourth-order valence-corrected chi connectivity index (χ4v) is 6.21. The van der Waals surface area contributed by atoms with Crippen LogP contribution in [-0.4, -0.2) is 71.0 Å². The number of nitrogens with two attached hydrogens (primary N) is 1. The molecule has 3 N–H and O–H groups in total. The Labute approximate surface area is 254 Å². The summed E-state index contributed by atoms with van der Waals surface area (Å²) in [6, 6.07) is 5.84. The van der Waals surface area contributed by atoms with Crippen molar-refractivity contribution >= 4 is 40.8 Å². The molecule has 4 rings (SSSR count). The van der Waals surface area contributed by atoms with E-state index in [0.717, 1.165) is 53.4 Å². The van der Waals surface area contributed by atoms with E-state index >= 15 is 0 Å². The van der Waals surface area contributed by atoms with Gasteiger partial charge in [-0.1, -0.05) is 38.8 Å². The molecule has 1 aromatic carbocycles. The highest BCUT2D eigenvalue weighted by molar-refractivity contribution is 7.44. The first-order valence-electron chi connectivity index (χ1n) is 14.8. The summed E-state index contributed by atoms with van der Waals surface area (Å²) >= 11 is 2.83. The Balaban J connectivity index is 0.00000237. The van der Waals surface area contributed by atoms with E-state index in [9.17, 15) is 9.59 Å². The number of carbonyl (C=O) groups excluding carboxylic acids is 2. The maximum absolute atomic E-state index is 13.9. The minimum absolute atomic E-state index is 0.141. The van der Waals surface area contributed by atoms with E-state index in [1.807, 2.05) is 24.0 Å². The van der Waals surface area contributed by atoms with Crippen LogP contribution in [0.5, 0.6) is 0 Å². The Hall–Kier alpha value is -3.12. The average molecular weight is 600 g/mol. The third-order valence-electron chi connectivity index (χ3n) is 8.03. The van der Waals surface area contributed by atoms with Crippen molar-refractivity contribution in [3.63, 3.8) is 0 Å². The van der Waals surface area contributed by atoms with Gasteiger partial charge in [0.1, 0.15) is 0 Å². The number of hydrogen-bond acceptors (Lipinski definition) is 8. The van der Waals surface area contributed by atoms with E-state index in [1.165, 1.54) is 10.6 Å². The van der Waals surface area contributed by atoms with Gasteiger partial charge in [0, 0.05) is 62.0 Å². The largest absolute Gasteiger partial charge is 0.404 e. The van der Waals surface area contributed by atoms with Gasteiger partial charge in [-0.2, -0.15) is 14.2 Å². The molecule has 1 saturated heterocycles. The number of amides is 2. The number of benzene rings is 1. The van der Waals surface area contributed by atoms with Crippen molar-refractivity contribution in [2.75, 3.05) is 40.4 Å². The van der Waals surface area contributed by atoms with Crippen molar-refractivity contribution in [3.8, 4) is 0 Å². The number of morpholine rings is 1. The lowest BCUT2D eigenvalue weighted by Gasteiger charge is -2.30. The zero-order valence-corrected chi connectivity index (χ0v) is 26.3. The molecule has 0 spiro atoms. The van der Waals surface area contributed by atoms with Crippen molar-refractivity contribution < 1.29 is 23.5 Å². The Kier molecular flexibility index (Phi) is 12.7. The van der Waals surface area contributed by atoms with Gasteiger partial charge in [-0.15, -0.1) is 0 Å². The lowest BCUT2D eigenvalue weighted by molar-refractivity contribution is -0.161. The van der Waals surface area contributed by atoms with E-state index < -0.39 is 0 Å². The molecule has 230 valence electrons. The molecule has 10 nitrogen and oxygen atoms in total. The van der Waals surface area contributed by atoms with Crippen LogP contribution >= 0.6 is 0 Å². The summed E-state index contributed by atoms with van der Waals surface area (Å²) in [6.07, 6.45) is 8.66. The van der Waals surface area contributed by atoms with Crippen LogP contribution in [0, 0.1) is 5.92 Å². The Morgan fingerprint density at radius 3 is 2.43 bits per heavy atom. The minimum atomic E-state index is -0.329. The molecule has 2 aliphatic heterocycles. The fraction of sp³-hybridized carbons (Fsp3) is 0.548. The van der Waals surface area contributed by atoms with E-state index in [4.69, 9.17) is 19.6 Å². The highest BCUT2D eigenvalue weighted by Crippen LogP contribution is 2.45. The van der Waals surface area contributed by atoms with Gasteiger partial charge in [0.2, 0.25) is 5.91 Å². The van der Waals surface area contributed by atoms with E-state index in [1.54, 1.807) is 20.3 Å². The zero-order chi connectivity index (χ0) is 30.8. The number of nitrogens with zero attached hydrogens (tertiary/aromatic N) is 3. The van der Waals surface area contributed by atoms with E-state index in [-0.39, 0.29) is 17.7 Å².